The number of carbonyl (C=O) groups excluding carboxylic acids is 1. The second-order valence-corrected chi connectivity index (χ2v) is 9.97. The molecular formula is C25H26BrCl2N5O4. The largest absolute Gasteiger partial charge is 0.490 e. The van der Waals surface area contributed by atoms with Gasteiger partial charge < -0.3 is 19.5 Å². The molecule has 12 heteroatoms. The lowest BCUT2D eigenvalue weighted by molar-refractivity contribution is -0.139. The van der Waals surface area contributed by atoms with Gasteiger partial charge in [0.15, 0.2) is 11.5 Å². The standard InChI is InChI=1S/C25H26BrCl2N5O4/c1-4-6-9-36-24(34)21-14(3)29-25-30-31-32-33(25)22(21)16-11-17(26)23(20(12-16)35-5-2)37-13-15-7-8-18(27)19(28)10-15/h7-8,10-12,22H,4-6,9,13H2,1-3H3,(H,29,30,32). The van der Waals surface area contributed by atoms with Gasteiger partial charge in [0.05, 0.1) is 33.3 Å². The summed E-state index contributed by atoms with van der Waals surface area (Å²) in [6.45, 7) is 6.70. The highest BCUT2D eigenvalue weighted by molar-refractivity contribution is 9.10. The van der Waals surface area contributed by atoms with Gasteiger partial charge in [0.2, 0.25) is 5.95 Å². The van der Waals surface area contributed by atoms with Crippen LogP contribution in [0.1, 0.15) is 50.8 Å². The van der Waals surface area contributed by atoms with Crippen molar-refractivity contribution in [3.8, 4) is 11.5 Å². The molecule has 1 N–H and O–H groups in total. The van der Waals surface area contributed by atoms with Gasteiger partial charge in [-0.3, -0.25) is 0 Å². The van der Waals surface area contributed by atoms with Gasteiger partial charge in [0.1, 0.15) is 12.6 Å². The van der Waals surface area contributed by atoms with Crippen LogP contribution in [-0.4, -0.2) is 39.4 Å². The van der Waals surface area contributed by atoms with E-state index in [-0.39, 0.29) is 6.61 Å². The maximum Gasteiger partial charge on any atom is 0.338 e. The highest BCUT2D eigenvalue weighted by Crippen LogP contribution is 2.43. The van der Waals surface area contributed by atoms with Gasteiger partial charge >= 0.3 is 5.97 Å². The van der Waals surface area contributed by atoms with Gasteiger partial charge in [0.25, 0.3) is 0 Å². The van der Waals surface area contributed by atoms with Crippen molar-refractivity contribution in [1.82, 2.24) is 20.2 Å². The Morgan fingerprint density at radius 1 is 1.16 bits per heavy atom. The van der Waals surface area contributed by atoms with E-state index in [4.69, 9.17) is 37.4 Å². The molecule has 196 valence electrons. The first-order valence-corrected chi connectivity index (χ1v) is 13.3. The van der Waals surface area contributed by atoms with Crippen molar-refractivity contribution in [1.29, 1.82) is 0 Å². The van der Waals surface area contributed by atoms with Crippen LogP contribution in [0.3, 0.4) is 0 Å². The molecule has 4 rings (SSSR count). The number of rotatable bonds is 10. The summed E-state index contributed by atoms with van der Waals surface area (Å²) in [6, 6.07) is 8.37. The summed E-state index contributed by atoms with van der Waals surface area (Å²) < 4.78 is 19.8. The van der Waals surface area contributed by atoms with E-state index in [1.807, 2.05) is 32.0 Å². The Hall–Kier alpha value is -2.82. The lowest BCUT2D eigenvalue weighted by Gasteiger charge is -2.28. The maximum atomic E-state index is 13.2. The van der Waals surface area contributed by atoms with Crippen LogP contribution in [0, 0.1) is 0 Å². The van der Waals surface area contributed by atoms with Gasteiger partial charge in [-0.2, -0.15) is 4.68 Å². The van der Waals surface area contributed by atoms with Crippen LogP contribution in [0.4, 0.5) is 5.95 Å². The quantitative estimate of drug-likeness (QED) is 0.209. The predicted molar refractivity (Wildman–Crippen MR) is 144 cm³/mol. The summed E-state index contributed by atoms with van der Waals surface area (Å²) in [4.78, 5) is 13.2. The van der Waals surface area contributed by atoms with Gasteiger partial charge in [0, 0.05) is 5.70 Å². The van der Waals surface area contributed by atoms with Crippen molar-refractivity contribution in [3.63, 3.8) is 0 Å². The number of fused-ring (bicyclic) bond motifs is 1. The van der Waals surface area contributed by atoms with Gasteiger partial charge in [-0.25, -0.2) is 4.79 Å². The molecule has 0 bridgehead atoms. The summed E-state index contributed by atoms with van der Waals surface area (Å²) in [5, 5.41) is 16.0. The van der Waals surface area contributed by atoms with Crippen LogP contribution < -0.4 is 14.8 Å². The molecule has 9 nitrogen and oxygen atoms in total. The SMILES string of the molecule is CCCCOC(=O)C1=C(C)Nc2nnnn2C1c1cc(Br)c(OCc2ccc(Cl)c(Cl)c2)c(OCC)c1. The highest BCUT2D eigenvalue weighted by atomic mass is 79.9. The zero-order valence-electron chi connectivity index (χ0n) is 20.6. The Morgan fingerprint density at radius 2 is 1.97 bits per heavy atom. The first-order valence-electron chi connectivity index (χ1n) is 11.8. The summed E-state index contributed by atoms with van der Waals surface area (Å²) in [5.41, 5.74) is 2.59. The van der Waals surface area contributed by atoms with E-state index in [9.17, 15) is 4.79 Å². The molecular weight excluding hydrogens is 585 g/mol. The Kier molecular flexibility index (Phi) is 8.94. The number of nitrogens with zero attached hydrogens (tertiary/aromatic N) is 4. The van der Waals surface area contributed by atoms with Crippen molar-refractivity contribution in [2.75, 3.05) is 18.5 Å². The molecule has 0 saturated carbocycles. The molecule has 1 aliphatic rings. The monoisotopic (exact) mass is 609 g/mol. The average Bonchev–Trinajstić information content (AvgIpc) is 3.33. The topological polar surface area (TPSA) is 100 Å². The first-order chi connectivity index (χ1) is 17.8. The maximum absolute atomic E-state index is 13.2. The first kappa shape index (κ1) is 27.2. The third kappa shape index (κ3) is 6.02. The molecule has 1 aromatic heterocycles. The number of anilines is 1. The predicted octanol–water partition coefficient (Wildman–Crippen LogP) is 6.35. The van der Waals surface area contributed by atoms with Crippen LogP contribution in [0.25, 0.3) is 0 Å². The number of ether oxygens (including phenoxy) is 3. The van der Waals surface area contributed by atoms with Gasteiger partial charge in [-0.1, -0.05) is 47.7 Å². The van der Waals surface area contributed by atoms with Gasteiger partial charge in [-0.15, -0.1) is 0 Å². The van der Waals surface area contributed by atoms with Gasteiger partial charge in [-0.05, 0) is 82.0 Å². The molecule has 0 amide bonds. The number of benzene rings is 2. The van der Waals surface area contributed by atoms with E-state index < -0.39 is 12.0 Å². The fourth-order valence-electron chi connectivity index (χ4n) is 3.91. The summed E-state index contributed by atoms with van der Waals surface area (Å²) >= 11 is 15.8. The van der Waals surface area contributed by atoms with E-state index >= 15 is 0 Å². The normalized spacial score (nSPS) is 14.7. The Morgan fingerprint density at radius 3 is 2.70 bits per heavy atom. The summed E-state index contributed by atoms with van der Waals surface area (Å²) in [5.74, 6) is 0.993. The second-order valence-electron chi connectivity index (χ2n) is 8.30. The molecule has 0 fully saturated rings. The van der Waals surface area contributed by atoms with Crippen molar-refractivity contribution in [3.05, 3.63) is 67.2 Å². The lowest BCUT2D eigenvalue weighted by atomic mass is 9.95. The van der Waals surface area contributed by atoms with E-state index in [1.54, 1.807) is 23.7 Å². The molecule has 2 heterocycles. The summed E-state index contributed by atoms with van der Waals surface area (Å²) in [6.07, 6.45) is 1.69. The van der Waals surface area contributed by atoms with E-state index in [1.165, 1.54) is 0 Å². The van der Waals surface area contributed by atoms with Crippen molar-refractivity contribution in [2.24, 2.45) is 0 Å². The number of hydrogen-bond donors (Lipinski definition) is 1. The minimum atomic E-state index is -0.639. The molecule has 0 aliphatic carbocycles. The molecule has 1 unspecified atom stereocenters. The molecule has 37 heavy (non-hydrogen) atoms. The molecule has 1 atom stereocenters. The molecule has 0 spiro atoms. The van der Waals surface area contributed by atoms with Crippen molar-refractivity contribution in [2.45, 2.75) is 46.3 Å². The van der Waals surface area contributed by atoms with Crippen LogP contribution in [-0.2, 0) is 16.1 Å². The lowest BCUT2D eigenvalue weighted by Crippen LogP contribution is -2.30. The van der Waals surface area contributed by atoms with Crippen molar-refractivity contribution < 1.29 is 19.0 Å². The molecule has 0 saturated heterocycles. The number of aromatic nitrogens is 4. The number of esters is 1. The number of nitrogens with one attached hydrogen (secondary N) is 1. The summed E-state index contributed by atoms with van der Waals surface area (Å²) in [7, 11) is 0. The second kappa shape index (κ2) is 12.1. The number of allylic oxidation sites excluding steroid dienone is 1. The molecule has 0 radical (unpaired) electrons. The van der Waals surface area contributed by atoms with Crippen molar-refractivity contribution >= 4 is 51.0 Å². The Labute approximate surface area is 233 Å². The van der Waals surface area contributed by atoms with E-state index in [0.717, 1.165) is 18.4 Å². The molecule has 3 aromatic rings. The third-order valence-corrected chi connectivity index (χ3v) is 7.01. The van der Waals surface area contributed by atoms with E-state index in [2.05, 4.69) is 36.8 Å². The zero-order valence-corrected chi connectivity index (χ0v) is 23.7. The fraction of sp³-hybridized carbons (Fsp3) is 0.360. The smallest absolute Gasteiger partial charge is 0.338 e. The average molecular weight is 611 g/mol. The number of hydrogen-bond acceptors (Lipinski definition) is 8. The number of carbonyl (C=O) groups is 1. The highest BCUT2D eigenvalue weighted by Gasteiger charge is 2.36. The molecule has 2 aromatic carbocycles. The van der Waals surface area contributed by atoms with Crippen LogP contribution >= 0.6 is 39.1 Å². The third-order valence-electron chi connectivity index (χ3n) is 5.68. The Balaban J connectivity index is 1.71. The zero-order chi connectivity index (χ0) is 26.5. The van der Waals surface area contributed by atoms with Crippen LogP contribution in [0.2, 0.25) is 10.0 Å². The minimum absolute atomic E-state index is 0.243. The number of halogens is 3. The fourth-order valence-corrected chi connectivity index (χ4v) is 4.80. The molecule has 1 aliphatic heterocycles. The Bertz CT molecular complexity index is 1330. The number of tetrazole rings is 1. The van der Waals surface area contributed by atoms with Crippen LogP contribution in [0.15, 0.2) is 46.1 Å². The minimum Gasteiger partial charge on any atom is -0.490 e. The van der Waals surface area contributed by atoms with E-state index in [0.29, 0.717) is 62.0 Å². The number of unbranched alkanes of at least 4 members (excludes halogenated alkanes) is 1. The van der Waals surface area contributed by atoms with Crippen LogP contribution in [0.5, 0.6) is 11.5 Å².